The molecule has 106 valence electrons. The van der Waals surface area contributed by atoms with E-state index in [1.807, 2.05) is 7.05 Å². The fourth-order valence-corrected chi connectivity index (χ4v) is 2.46. The van der Waals surface area contributed by atoms with Gasteiger partial charge in [0.2, 0.25) is 0 Å². The molecule has 0 bridgehead atoms. The topological polar surface area (TPSA) is 24.5 Å². The standard InChI is InChI=1S/C16H26N2O/c1-17-9-8-15-4-6-16(7-5-15)14-19-13-12-18-10-2-3-11-18/h4-7,17H,2-3,8-14H2,1H3. The normalized spacial score (nSPS) is 16.1. The monoisotopic (exact) mass is 262 g/mol. The Hall–Kier alpha value is -0.900. The molecule has 2 rings (SSSR count). The fraction of sp³-hybridized carbons (Fsp3) is 0.625. The number of benzene rings is 1. The van der Waals surface area contributed by atoms with Crippen LogP contribution in [0.25, 0.3) is 0 Å². The van der Waals surface area contributed by atoms with Gasteiger partial charge in [-0.2, -0.15) is 0 Å². The molecule has 0 aromatic heterocycles. The number of rotatable bonds is 8. The Labute approximate surface area is 116 Å². The first kappa shape index (κ1) is 14.5. The molecule has 1 fully saturated rings. The van der Waals surface area contributed by atoms with Crippen molar-refractivity contribution in [2.75, 3.05) is 39.8 Å². The summed E-state index contributed by atoms with van der Waals surface area (Å²) in [4.78, 5) is 2.49. The lowest BCUT2D eigenvalue weighted by Gasteiger charge is -2.14. The van der Waals surface area contributed by atoms with E-state index in [9.17, 15) is 0 Å². The SMILES string of the molecule is CNCCc1ccc(COCCN2CCCC2)cc1. The van der Waals surface area contributed by atoms with Crippen LogP contribution < -0.4 is 5.32 Å². The Bertz CT molecular complexity index is 344. The van der Waals surface area contributed by atoms with Gasteiger partial charge in [-0.05, 0) is 57.1 Å². The van der Waals surface area contributed by atoms with Crippen molar-refractivity contribution in [1.82, 2.24) is 10.2 Å². The molecule has 0 spiro atoms. The zero-order valence-electron chi connectivity index (χ0n) is 12.0. The highest BCUT2D eigenvalue weighted by Crippen LogP contribution is 2.08. The van der Waals surface area contributed by atoms with Gasteiger partial charge in [0.15, 0.2) is 0 Å². The second kappa shape index (κ2) is 8.31. The molecule has 1 saturated heterocycles. The van der Waals surface area contributed by atoms with Gasteiger partial charge in [0.05, 0.1) is 13.2 Å². The molecule has 19 heavy (non-hydrogen) atoms. The van der Waals surface area contributed by atoms with Gasteiger partial charge in [0, 0.05) is 6.54 Å². The summed E-state index contributed by atoms with van der Waals surface area (Å²) in [6.07, 6.45) is 3.80. The number of likely N-dealkylation sites (tertiary alicyclic amines) is 1. The van der Waals surface area contributed by atoms with Crippen molar-refractivity contribution in [3.05, 3.63) is 35.4 Å². The van der Waals surface area contributed by atoms with Crippen LogP contribution in [-0.4, -0.2) is 44.7 Å². The molecule has 1 aliphatic rings. The first-order valence-corrected chi connectivity index (χ1v) is 7.41. The third-order valence-corrected chi connectivity index (χ3v) is 3.71. The van der Waals surface area contributed by atoms with Crippen LogP contribution in [0, 0.1) is 0 Å². The van der Waals surface area contributed by atoms with Crippen LogP contribution in [0.4, 0.5) is 0 Å². The van der Waals surface area contributed by atoms with Crippen LogP contribution in [0.3, 0.4) is 0 Å². The third kappa shape index (κ3) is 5.31. The Kier molecular flexibility index (Phi) is 6.34. The largest absolute Gasteiger partial charge is 0.375 e. The highest BCUT2D eigenvalue weighted by Gasteiger charge is 2.10. The first-order chi connectivity index (χ1) is 9.38. The molecule has 3 nitrogen and oxygen atoms in total. The number of ether oxygens (including phenoxy) is 1. The van der Waals surface area contributed by atoms with Crippen molar-refractivity contribution in [3.63, 3.8) is 0 Å². The molecule has 0 atom stereocenters. The number of hydrogen-bond donors (Lipinski definition) is 1. The smallest absolute Gasteiger partial charge is 0.0717 e. The molecule has 1 aliphatic heterocycles. The van der Waals surface area contributed by atoms with E-state index in [0.29, 0.717) is 0 Å². The fourth-order valence-electron chi connectivity index (χ4n) is 2.46. The van der Waals surface area contributed by atoms with E-state index in [0.717, 1.165) is 32.7 Å². The Morgan fingerprint density at radius 3 is 2.47 bits per heavy atom. The van der Waals surface area contributed by atoms with Crippen LogP contribution in [0.1, 0.15) is 24.0 Å². The summed E-state index contributed by atoms with van der Waals surface area (Å²) in [6, 6.07) is 8.77. The summed E-state index contributed by atoms with van der Waals surface area (Å²) in [5.74, 6) is 0. The second-order valence-electron chi connectivity index (χ2n) is 5.27. The molecular formula is C16H26N2O. The molecule has 1 aromatic rings. The minimum Gasteiger partial charge on any atom is -0.375 e. The lowest BCUT2D eigenvalue weighted by atomic mass is 10.1. The highest BCUT2D eigenvalue weighted by molar-refractivity contribution is 5.22. The van der Waals surface area contributed by atoms with Crippen LogP contribution in [-0.2, 0) is 17.8 Å². The molecule has 0 amide bonds. The van der Waals surface area contributed by atoms with E-state index in [1.165, 1.54) is 37.1 Å². The molecule has 0 radical (unpaired) electrons. The zero-order chi connectivity index (χ0) is 13.3. The van der Waals surface area contributed by atoms with E-state index in [2.05, 4.69) is 34.5 Å². The minimum atomic E-state index is 0.736. The van der Waals surface area contributed by atoms with Crippen LogP contribution in [0.15, 0.2) is 24.3 Å². The van der Waals surface area contributed by atoms with Gasteiger partial charge in [-0.25, -0.2) is 0 Å². The average molecular weight is 262 g/mol. The molecular weight excluding hydrogens is 236 g/mol. The van der Waals surface area contributed by atoms with Crippen LogP contribution in [0.2, 0.25) is 0 Å². The van der Waals surface area contributed by atoms with Crippen molar-refractivity contribution < 1.29 is 4.74 Å². The van der Waals surface area contributed by atoms with E-state index < -0.39 is 0 Å². The van der Waals surface area contributed by atoms with Gasteiger partial charge >= 0.3 is 0 Å². The molecule has 0 saturated carbocycles. The average Bonchev–Trinajstić information content (AvgIpc) is 2.96. The van der Waals surface area contributed by atoms with Crippen LogP contribution >= 0.6 is 0 Å². The van der Waals surface area contributed by atoms with Gasteiger partial charge < -0.3 is 15.0 Å². The van der Waals surface area contributed by atoms with Gasteiger partial charge in [0.25, 0.3) is 0 Å². The predicted octanol–water partition coefficient (Wildman–Crippen LogP) is 2.06. The van der Waals surface area contributed by atoms with Gasteiger partial charge in [-0.15, -0.1) is 0 Å². The Morgan fingerprint density at radius 1 is 1.11 bits per heavy atom. The van der Waals surface area contributed by atoms with Gasteiger partial charge in [0.1, 0.15) is 0 Å². The molecule has 1 N–H and O–H groups in total. The van der Waals surface area contributed by atoms with Crippen molar-refractivity contribution in [3.8, 4) is 0 Å². The Balaban J connectivity index is 1.62. The summed E-state index contributed by atoms with van der Waals surface area (Å²) >= 11 is 0. The van der Waals surface area contributed by atoms with E-state index in [-0.39, 0.29) is 0 Å². The zero-order valence-corrected chi connectivity index (χ0v) is 12.0. The Morgan fingerprint density at radius 2 is 1.79 bits per heavy atom. The van der Waals surface area contributed by atoms with Crippen molar-refractivity contribution >= 4 is 0 Å². The molecule has 3 heteroatoms. The highest BCUT2D eigenvalue weighted by atomic mass is 16.5. The molecule has 1 heterocycles. The second-order valence-corrected chi connectivity index (χ2v) is 5.27. The molecule has 1 aromatic carbocycles. The molecule has 0 aliphatic carbocycles. The summed E-state index contributed by atoms with van der Waals surface area (Å²) in [7, 11) is 1.99. The summed E-state index contributed by atoms with van der Waals surface area (Å²) in [5, 5.41) is 3.17. The summed E-state index contributed by atoms with van der Waals surface area (Å²) in [5.41, 5.74) is 2.66. The van der Waals surface area contributed by atoms with E-state index >= 15 is 0 Å². The van der Waals surface area contributed by atoms with Crippen LogP contribution in [0.5, 0.6) is 0 Å². The predicted molar refractivity (Wildman–Crippen MR) is 79.4 cm³/mol. The van der Waals surface area contributed by atoms with E-state index in [4.69, 9.17) is 4.74 Å². The third-order valence-electron chi connectivity index (χ3n) is 3.71. The maximum atomic E-state index is 5.75. The number of nitrogens with one attached hydrogen (secondary N) is 1. The quantitative estimate of drug-likeness (QED) is 0.726. The van der Waals surface area contributed by atoms with Crippen molar-refractivity contribution in [1.29, 1.82) is 0 Å². The van der Waals surface area contributed by atoms with E-state index in [1.54, 1.807) is 0 Å². The van der Waals surface area contributed by atoms with Crippen molar-refractivity contribution in [2.24, 2.45) is 0 Å². The number of likely N-dealkylation sites (N-methyl/N-ethyl adjacent to an activating group) is 1. The van der Waals surface area contributed by atoms with Gasteiger partial charge in [-0.1, -0.05) is 24.3 Å². The van der Waals surface area contributed by atoms with Gasteiger partial charge in [-0.3, -0.25) is 0 Å². The lowest BCUT2D eigenvalue weighted by molar-refractivity contribution is 0.0992. The molecule has 0 unspecified atom stereocenters. The first-order valence-electron chi connectivity index (χ1n) is 7.41. The summed E-state index contributed by atoms with van der Waals surface area (Å²) < 4.78 is 5.75. The number of hydrogen-bond acceptors (Lipinski definition) is 3. The number of nitrogens with zero attached hydrogens (tertiary/aromatic N) is 1. The maximum Gasteiger partial charge on any atom is 0.0717 e. The summed E-state index contributed by atoms with van der Waals surface area (Å²) in [6.45, 7) is 6.21. The maximum absolute atomic E-state index is 5.75. The minimum absolute atomic E-state index is 0.736. The van der Waals surface area contributed by atoms with Crippen molar-refractivity contribution in [2.45, 2.75) is 25.9 Å². The lowest BCUT2D eigenvalue weighted by Crippen LogP contribution is -2.23.